The molecule has 0 aliphatic carbocycles. The maximum absolute atomic E-state index is 17.5. The summed E-state index contributed by atoms with van der Waals surface area (Å²) in [5.41, 5.74) is 1.65. The van der Waals surface area contributed by atoms with Crippen LogP contribution in [0, 0.1) is 0 Å². The van der Waals surface area contributed by atoms with Gasteiger partial charge in [-0.05, 0) is 46.5 Å². The van der Waals surface area contributed by atoms with Gasteiger partial charge in [0.25, 0.3) is 5.56 Å². The summed E-state index contributed by atoms with van der Waals surface area (Å²) in [7, 11) is 4.77. The largest absolute Gasteiger partial charge is 0.469 e. The van der Waals surface area contributed by atoms with E-state index in [2.05, 4.69) is 4.98 Å². The first-order chi connectivity index (χ1) is 18.2. The number of carbonyl (C=O) groups excluding carboxylic acids is 1. The third-order valence-electron chi connectivity index (χ3n) is 6.87. The van der Waals surface area contributed by atoms with Crippen molar-refractivity contribution in [2.45, 2.75) is 12.1 Å². The summed E-state index contributed by atoms with van der Waals surface area (Å²) in [4.78, 5) is 28.9. The van der Waals surface area contributed by atoms with E-state index < -0.39 is 5.67 Å². The van der Waals surface area contributed by atoms with Crippen molar-refractivity contribution in [1.82, 2.24) is 14.1 Å². The first kappa shape index (κ1) is 25.4. The number of methoxy groups -OCH3 is 1. The van der Waals surface area contributed by atoms with E-state index in [0.717, 1.165) is 11.1 Å². The summed E-state index contributed by atoms with van der Waals surface area (Å²) in [6.45, 7) is 0. The van der Waals surface area contributed by atoms with Gasteiger partial charge < -0.3 is 13.9 Å². The van der Waals surface area contributed by atoms with Gasteiger partial charge in [-0.2, -0.15) is 0 Å². The molecule has 0 radical (unpaired) electrons. The van der Waals surface area contributed by atoms with E-state index in [1.54, 1.807) is 67.5 Å². The van der Waals surface area contributed by atoms with Gasteiger partial charge in [-0.1, -0.05) is 54.1 Å². The van der Waals surface area contributed by atoms with E-state index in [4.69, 9.17) is 16.3 Å². The van der Waals surface area contributed by atoms with E-state index in [1.165, 1.54) is 23.9 Å². The van der Waals surface area contributed by atoms with Crippen molar-refractivity contribution in [3.8, 4) is 11.1 Å². The number of fused-ring (bicyclic) bond motifs is 1. The summed E-state index contributed by atoms with van der Waals surface area (Å²) >= 11 is 6.12. The van der Waals surface area contributed by atoms with Crippen molar-refractivity contribution in [3.05, 3.63) is 123 Å². The monoisotopic (exact) mass is 529 g/mol. The molecule has 0 unspecified atom stereocenters. The molecule has 2 aromatic heterocycles. The number of pyridine rings is 1. The molecule has 5 rings (SSSR count). The third-order valence-corrected chi connectivity index (χ3v) is 7.12. The number of aryl methyl sites for hydroxylation is 2. The number of imidazole rings is 1. The van der Waals surface area contributed by atoms with Crippen LogP contribution in [0.15, 0.2) is 90.1 Å². The Morgan fingerprint density at radius 1 is 1.03 bits per heavy atom. The molecule has 0 amide bonds. The maximum Gasteiger partial charge on any atom is 0.309 e. The zero-order chi connectivity index (χ0) is 27.0. The molecular formula is C30H25ClFN3O3. The van der Waals surface area contributed by atoms with Crippen LogP contribution in [0.1, 0.15) is 22.4 Å². The van der Waals surface area contributed by atoms with Crippen LogP contribution in [0.25, 0.3) is 22.0 Å². The lowest BCUT2D eigenvalue weighted by atomic mass is 9.84. The van der Waals surface area contributed by atoms with E-state index in [0.29, 0.717) is 38.3 Å². The Bertz CT molecular complexity index is 1730. The number of nitrogens with zero attached hydrogens (tertiary/aromatic N) is 3. The maximum atomic E-state index is 17.5. The van der Waals surface area contributed by atoms with Gasteiger partial charge in [-0.25, -0.2) is 9.37 Å². The third kappa shape index (κ3) is 4.39. The molecule has 6 nitrogen and oxygen atoms in total. The van der Waals surface area contributed by atoms with E-state index in [9.17, 15) is 9.59 Å². The second-order valence-electron chi connectivity index (χ2n) is 9.20. The molecule has 0 saturated carbocycles. The molecule has 2 heterocycles. The highest BCUT2D eigenvalue weighted by molar-refractivity contribution is 6.30. The summed E-state index contributed by atoms with van der Waals surface area (Å²) in [5, 5.41) is 1.20. The summed E-state index contributed by atoms with van der Waals surface area (Å²) < 4.78 is 25.5. The average molecular weight is 530 g/mol. The van der Waals surface area contributed by atoms with Crippen LogP contribution < -0.4 is 5.56 Å². The molecule has 5 aromatic rings. The fraction of sp³-hybridized carbons (Fsp3) is 0.167. The topological polar surface area (TPSA) is 66.1 Å². The quantitative estimate of drug-likeness (QED) is 0.270. The number of carbonyl (C=O) groups is 1. The van der Waals surface area contributed by atoms with Crippen LogP contribution in [0.5, 0.6) is 0 Å². The molecule has 0 N–H and O–H groups in total. The van der Waals surface area contributed by atoms with Crippen molar-refractivity contribution in [1.29, 1.82) is 0 Å². The van der Waals surface area contributed by atoms with Crippen LogP contribution in [0.4, 0.5) is 4.39 Å². The molecule has 0 bridgehead atoms. The van der Waals surface area contributed by atoms with Crippen molar-refractivity contribution >= 4 is 28.5 Å². The van der Waals surface area contributed by atoms with E-state index in [-0.39, 0.29) is 17.9 Å². The molecule has 3 aromatic carbocycles. The molecular weight excluding hydrogens is 505 g/mol. The highest BCUT2D eigenvalue weighted by Crippen LogP contribution is 2.42. The van der Waals surface area contributed by atoms with Crippen molar-refractivity contribution in [2.24, 2.45) is 14.1 Å². The Hall–Kier alpha value is -4.23. The standard InChI is InChI=1S/C30H25ClFN3O3/c1-34-18-33-17-27(34)30(32,21-7-10-23(31)11-8-21)22-9-12-26-25(15-22)24(16-28(36)35(26)2)20-6-4-5-19(13-20)14-29(37)38-3/h4-13,15-18H,14H2,1-3H3/t30-/m1/s1. The first-order valence-corrected chi connectivity index (χ1v) is 12.3. The molecule has 0 aliphatic rings. The van der Waals surface area contributed by atoms with Crippen molar-refractivity contribution in [2.75, 3.05) is 7.11 Å². The summed E-state index contributed by atoms with van der Waals surface area (Å²) in [6.07, 6.45) is 3.17. The van der Waals surface area contributed by atoms with Gasteiger partial charge in [0, 0.05) is 36.1 Å². The number of benzene rings is 3. The molecule has 0 saturated heterocycles. The number of ether oxygens (including phenoxy) is 1. The van der Waals surface area contributed by atoms with Crippen LogP contribution in [-0.2, 0) is 35.7 Å². The van der Waals surface area contributed by atoms with Crippen LogP contribution in [-0.4, -0.2) is 27.2 Å². The Morgan fingerprint density at radius 2 is 1.76 bits per heavy atom. The Kier molecular flexibility index (Phi) is 6.63. The van der Waals surface area contributed by atoms with Gasteiger partial charge in [0.15, 0.2) is 0 Å². The van der Waals surface area contributed by atoms with Gasteiger partial charge in [0.1, 0.15) is 0 Å². The van der Waals surface area contributed by atoms with Gasteiger partial charge >= 0.3 is 5.97 Å². The van der Waals surface area contributed by atoms with Crippen LogP contribution in [0.2, 0.25) is 5.02 Å². The summed E-state index contributed by atoms with van der Waals surface area (Å²) in [6, 6.07) is 20.8. The minimum atomic E-state index is -2.05. The predicted molar refractivity (Wildman–Crippen MR) is 146 cm³/mol. The number of esters is 1. The number of halogens is 2. The predicted octanol–water partition coefficient (Wildman–Crippen LogP) is 5.57. The lowest BCUT2D eigenvalue weighted by Crippen LogP contribution is -2.26. The van der Waals surface area contributed by atoms with Gasteiger partial charge in [-0.3, -0.25) is 9.59 Å². The second kappa shape index (κ2) is 9.91. The SMILES string of the molecule is COC(=O)Cc1cccc(-c2cc(=O)n(C)c3ccc([C@](F)(c4ccc(Cl)cc4)c4cncn4C)cc23)c1. The molecule has 8 heteroatoms. The average Bonchev–Trinajstić information content (AvgIpc) is 3.36. The highest BCUT2D eigenvalue weighted by Gasteiger charge is 2.39. The minimum absolute atomic E-state index is 0.100. The normalized spacial score (nSPS) is 12.9. The van der Waals surface area contributed by atoms with E-state index >= 15 is 4.39 Å². The molecule has 0 spiro atoms. The van der Waals surface area contributed by atoms with Crippen molar-refractivity contribution in [3.63, 3.8) is 0 Å². The van der Waals surface area contributed by atoms with Gasteiger partial charge in [0.2, 0.25) is 5.67 Å². The zero-order valence-electron chi connectivity index (χ0n) is 21.1. The zero-order valence-corrected chi connectivity index (χ0v) is 21.9. The molecule has 38 heavy (non-hydrogen) atoms. The van der Waals surface area contributed by atoms with E-state index in [1.807, 2.05) is 24.3 Å². The van der Waals surface area contributed by atoms with Gasteiger partial charge in [-0.15, -0.1) is 0 Å². The number of aromatic nitrogens is 3. The smallest absolute Gasteiger partial charge is 0.309 e. The summed E-state index contributed by atoms with van der Waals surface area (Å²) in [5.74, 6) is -0.361. The lowest BCUT2D eigenvalue weighted by molar-refractivity contribution is -0.139. The minimum Gasteiger partial charge on any atom is -0.469 e. The Labute approximate surface area is 223 Å². The highest BCUT2D eigenvalue weighted by atomic mass is 35.5. The number of rotatable bonds is 6. The van der Waals surface area contributed by atoms with Crippen molar-refractivity contribution < 1.29 is 13.9 Å². The number of hydrogen-bond acceptors (Lipinski definition) is 4. The molecule has 0 aliphatic heterocycles. The molecule has 1 atom stereocenters. The number of hydrogen-bond donors (Lipinski definition) is 0. The number of alkyl halides is 1. The fourth-order valence-electron chi connectivity index (χ4n) is 4.83. The molecule has 192 valence electrons. The van der Waals surface area contributed by atoms with Gasteiger partial charge in [0.05, 0.1) is 37.3 Å². The molecule has 0 fully saturated rings. The van der Waals surface area contributed by atoms with Crippen LogP contribution in [0.3, 0.4) is 0 Å². The fourth-order valence-corrected chi connectivity index (χ4v) is 4.96. The second-order valence-corrected chi connectivity index (χ2v) is 9.63. The lowest BCUT2D eigenvalue weighted by Gasteiger charge is -2.28. The Morgan fingerprint density at radius 3 is 2.45 bits per heavy atom. The Balaban J connectivity index is 1.77. The van der Waals surface area contributed by atoms with Crippen LogP contribution >= 0.6 is 11.6 Å². The first-order valence-electron chi connectivity index (χ1n) is 11.9.